The van der Waals surface area contributed by atoms with Gasteiger partial charge in [-0.3, -0.25) is 0 Å². The van der Waals surface area contributed by atoms with Crippen LogP contribution in [0.3, 0.4) is 0 Å². The van der Waals surface area contributed by atoms with E-state index in [1.807, 2.05) is 56.5 Å². The van der Waals surface area contributed by atoms with E-state index < -0.39 is 21.7 Å². The molecule has 6 nitrogen and oxygen atoms in total. The molecule has 8 heteroatoms. The Morgan fingerprint density at radius 1 is 1.09 bits per heavy atom. The Morgan fingerprint density at radius 3 is 2.41 bits per heavy atom. The summed E-state index contributed by atoms with van der Waals surface area (Å²) < 4.78 is 31.7. The van der Waals surface area contributed by atoms with Gasteiger partial charge in [0.1, 0.15) is 5.60 Å². The number of hydrogen-bond acceptors (Lipinski definition) is 5. The number of rotatable bonds is 12. The Labute approximate surface area is 197 Å². The molecule has 0 saturated heterocycles. The Bertz CT molecular complexity index is 907. The van der Waals surface area contributed by atoms with E-state index in [2.05, 4.69) is 17.4 Å². The maximum Gasteiger partial charge on any atom is 0.407 e. The van der Waals surface area contributed by atoms with Crippen LogP contribution >= 0.6 is 11.3 Å². The molecule has 1 atom stereocenters. The van der Waals surface area contributed by atoms with Crippen LogP contribution < -0.4 is 5.32 Å². The van der Waals surface area contributed by atoms with E-state index in [1.54, 1.807) is 0 Å². The van der Waals surface area contributed by atoms with E-state index in [1.165, 1.54) is 27.5 Å². The molecule has 0 aliphatic rings. The molecule has 0 fully saturated rings. The maximum absolute atomic E-state index is 12.4. The fraction of sp³-hybridized carbons (Fsp3) is 0.542. The van der Waals surface area contributed by atoms with Crippen molar-refractivity contribution in [1.82, 2.24) is 9.62 Å². The van der Waals surface area contributed by atoms with Gasteiger partial charge in [0, 0.05) is 24.0 Å². The molecule has 1 amide bonds. The van der Waals surface area contributed by atoms with E-state index in [0.717, 1.165) is 30.6 Å². The summed E-state index contributed by atoms with van der Waals surface area (Å²) in [7, 11) is -3.43. The number of benzene rings is 1. The van der Waals surface area contributed by atoms with Crippen LogP contribution in [-0.4, -0.2) is 43.3 Å². The van der Waals surface area contributed by atoms with Crippen molar-refractivity contribution in [3.63, 3.8) is 0 Å². The summed E-state index contributed by atoms with van der Waals surface area (Å²) in [4.78, 5) is 13.4. The highest BCUT2D eigenvalue weighted by molar-refractivity contribution is 7.88. The summed E-state index contributed by atoms with van der Waals surface area (Å²) in [6.07, 6.45) is 5.34. The molecule has 1 aromatic carbocycles. The summed E-state index contributed by atoms with van der Waals surface area (Å²) in [5.41, 5.74) is 0.702. The van der Waals surface area contributed by atoms with Crippen molar-refractivity contribution < 1.29 is 17.9 Å². The number of ether oxygens (including phenoxy) is 1. The molecule has 0 aliphatic heterocycles. The molecule has 0 bridgehead atoms. The number of thiophene rings is 1. The third kappa shape index (κ3) is 10.6. The first-order valence-electron chi connectivity index (χ1n) is 11.0. The van der Waals surface area contributed by atoms with Crippen molar-refractivity contribution in [3.8, 4) is 0 Å². The van der Waals surface area contributed by atoms with Gasteiger partial charge >= 0.3 is 6.09 Å². The van der Waals surface area contributed by atoms with E-state index in [9.17, 15) is 13.2 Å². The maximum atomic E-state index is 12.4. The van der Waals surface area contributed by atoms with Crippen molar-refractivity contribution in [2.24, 2.45) is 0 Å². The molecular weight excluding hydrogens is 444 g/mol. The molecule has 0 spiro atoms. The Balaban J connectivity index is 1.97. The topological polar surface area (TPSA) is 75.7 Å². The standard InChI is InChI=1S/C24H36N2O4S2/c1-24(2,3)30-23(27)25-21(15-10-6-9-14-20-12-7-5-8-13-20)18-26(32(4,28)29)19-22-16-11-17-31-22/h5,7-8,11-13,16-17,21H,6,9-10,14-15,18-19H2,1-4H3,(H,25,27)/t21-/m0/s1. The van der Waals surface area contributed by atoms with Crippen molar-refractivity contribution >= 4 is 27.5 Å². The molecule has 178 valence electrons. The lowest BCUT2D eigenvalue weighted by molar-refractivity contribution is 0.0494. The average Bonchev–Trinajstić information content (AvgIpc) is 3.19. The highest BCUT2D eigenvalue weighted by atomic mass is 32.2. The molecule has 2 rings (SSSR count). The number of alkyl carbamates (subject to hydrolysis) is 1. The third-order valence-electron chi connectivity index (χ3n) is 4.89. The van der Waals surface area contributed by atoms with Gasteiger partial charge < -0.3 is 10.1 Å². The molecule has 0 aliphatic carbocycles. The van der Waals surface area contributed by atoms with Crippen LogP contribution in [0.15, 0.2) is 47.8 Å². The first-order valence-corrected chi connectivity index (χ1v) is 13.8. The zero-order valence-electron chi connectivity index (χ0n) is 19.5. The van der Waals surface area contributed by atoms with Gasteiger partial charge in [-0.25, -0.2) is 13.2 Å². The van der Waals surface area contributed by atoms with Crippen LogP contribution in [0, 0.1) is 0 Å². The van der Waals surface area contributed by atoms with Gasteiger partial charge in [0.05, 0.1) is 6.26 Å². The summed E-state index contributed by atoms with van der Waals surface area (Å²) in [5.74, 6) is 0. The van der Waals surface area contributed by atoms with Crippen LogP contribution in [0.5, 0.6) is 0 Å². The minimum atomic E-state index is -3.43. The number of carbonyl (C=O) groups excluding carboxylic acids is 1. The molecule has 0 unspecified atom stereocenters. The van der Waals surface area contributed by atoms with E-state index in [4.69, 9.17) is 4.74 Å². The molecule has 1 N–H and O–H groups in total. The van der Waals surface area contributed by atoms with Crippen molar-refractivity contribution in [1.29, 1.82) is 0 Å². The minimum absolute atomic E-state index is 0.217. The predicted octanol–water partition coefficient (Wildman–Crippen LogP) is 5.21. The lowest BCUT2D eigenvalue weighted by Gasteiger charge is -2.28. The van der Waals surface area contributed by atoms with E-state index in [-0.39, 0.29) is 12.6 Å². The SMILES string of the molecule is CC(C)(C)OC(=O)N[C@@H](CCCCCc1ccccc1)CN(Cc1cccs1)S(C)(=O)=O. The van der Waals surface area contributed by atoms with Gasteiger partial charge in [-0.2, -0.15) is 4.31 Å². The van der Waals surface area contributed by atoms with Crippen molar-refractivity contribution in [2.75, 3.05) is 12.8 Å². The quantitative estimate of drug-likeness (QED) is 0.423. The largest absolute Gasteiger partial charge is 0.444 e. The highest BCUT2D eigenvalue weighted by Crippen LogP contribution is 2.17. The van der Waals surface area contributed by atoms with Crippen molar-refractivity contribution in [2.45, 2.75) is 71.1 Å². The Hall–Kier alpha value is -1.90. The number of hydrogen-bond donors (Lipinski definition) is 1. The molecular formula is C24H36N2O4S2. The number of aryl methyl sites for hydroxylation is 1. The van der Waals surface area contributed by atoms with E-state index >= 15 is 0 Å². The van der Waals surface area contributed by atoms with Gasteiger partial charge in [-0.1, -0.05) is 49.2 Å². The molecule has 2 aromatic rings. The van der Waals surface area contributed by atoms with E-state index in [0.29, 0.717) is 13.0 Å². The van der Waals surface area contributed by atoms with Gasteiger partial charge in [-0.05, 0) is 57.0 Å². The number of nitrogens with one attached hydrogen (secondary N) is 1. The Morgan fingerprint density at radius 2 is 1.81 bits per heavy atom. The molecule has 1 aromatic heterocycles. The number of sulfonamides is 1. The number of amides is 1. The van der Waals surface area contributed by atoms with Gasteiger partial charge in [0.15, 0.2) is 0 Å². The third-order valence-corrected chi connectivity index (χ3v) is 6.96. The second-order valence-corrected chi connectivity index (χ2v) is 12.1. The monoisotopic (exact) mass is 480 g/mol. The molecule has 0 saturated carbocycles. The smallest absolute Gasteiger partial charge is 0.407 e. The normalized spacial score (nSPS) is 13.2. The lowest BCUT2D eigenvalue weighted by atomic mass is 10.0. The van der Waals surface area contributed by atoms with Crippen LogP contribution in [0.4, 0.5) is 4.79 Å². The van der Waals surface area contributed by atoms with Crippen molar-refractivity contribution in [3.05, 3.63) is 58.3 Å². The first-order chi connectivity index (χ1) is 15.0. The van der Waals surface area contributed by atoms with Gasteiger partial charge in [0.25, 0.3) is 0 Å². The summed E-state index contributed by atoms with van der Waals surface area (Å²) in [5, 5.41) is 4.83. The zero-order valence-corrected chi connectivity index (χ0v) is 21.2. The molecule has 1 heterocycles. The van der Waals surface area contributed by atoms with Crippen LogP contribution in [-0.2, 0) is 27.7 Å². The second-order valence-electron chi connectivity index (χ2n) is 9.06. The first kappa shape index (κ1) is 26.4. The van der Waals surface area contributed by atoms with Crippen LogP contribution in [0.1, 0.15) is 56.9 Å². The van der Waals surface area contributed by atoms with Gasteiger partial charge in [-0.15, -0.1) is 11.3 Å². The Kier molecular flexibility index (Phi) is 10.2. The number of unbranched alkanes of at least 4 members (excludes halogenated alkanes) is 2. The second kappa shape index (κ2) is 12.4. The number of carbonyl (C=O) groups is 1. The molecule has 0 radical (unpaired) electrons. The minimum Gasteiger partial charge on any atom is -0.444 e. The summed E-state index contributed by atoms with van der Waals surface area (Å²) >= 11 is 1.52. The zero-order chi connectivity index (χ0) is 23.6. The lowest BCUT2D eigenvalue weighted by Crippen LogP contribution is -2.46. The molecule has 32 heavy (non-hydrogen) atoms. The van der Waals surface area contributed by atoms with Gasteiger partial charge in [0.2, 0.25) is 10.0 Å². The average molecular weight is 481 g/mol. The fourth-order valence-electron chi connectivity index (χ4n) is 3.36. The highest BCUT2D eigenvalue weighted by Gasteiger charge is 2.25. The summed E-state index contributed by atoms with van der Waals surface area (Å²) in [6.45, 7) is 5.95. The van der Waals surface area contributed by atoms with Crippen LogP contribution in [0.25, 0.3) is 0 Å². The predicted molar refractivity (Wildman–Crippen MR) is 131 cm³/mol. The van der Waals surface area contributed by atoms with Crippen LogP contribution in [0.2, 0.25) is 0 Å². The number of nitrogens with zero attached hydrogens (tertiary/aromatic N) is 1. The summed E-state index contributed by atoms with van der Waals surface area (Å²) in [6, 6.07) is 13.9. The fourth-order valence-corrected chi connectivity index (χ4v) is 4.99.